The summed E-state index contributed by atoms with van der Waals surface area (Å²) in [5.41, 5.74) is 1.61. The van der Waals surface area contributed by atoms with Crippen LogP contribution in [0.25, 0.3) is 0 Å². The van der Waals surface area contributed by atoms with Gasteiger partial charge in [-0.15, -0.1) is 0 Å². The summed E-state index contributed by atoms with van der Waals surface area (Å²) in [6.45, 7) is 2.05. The smallest absolute Gasteiger partial charge is 0.255 e. The Morgan fingerprint density at radius 2 is 1.59 bits per heavy atom. The first-order chi connectivity index (χ1) is 14.0. The van der Waals surface area contributed by atoms with Gasteiger partial charge in [0.05, 0.1) is 11.1 Å². The van der Waals surface area contributed by atoms with Crippen LogP contribution in [0.1, 0.15) is 27.1 Å². The summed E-state index contributed by atoms with van der Waals surface area (Å²) in [5, 5.41) is 5.63. The van der Waals surface area contributed by atoms with Crippen molar-refractivity contribution in [3.8, 4) is 5.75 Å². The molecule has 0 saturated carbocycles. The molecule has 29 heavy (non-hydrogen) atoms. The molecule has 0 atom stereocenters. The highest BCUT2D eigenvalue weighted by molar-refractivity contribution is 9.10. The lowest BCUT2D eigenvalue weighted by molar-refractivity contribution is 0.0948. The highest BCUT2D eigenvalue weighted by Gasteiger charge is 2.11. The maximum atomic E-state index is 12.5. The number of rotatable bonds is 11. The third-order valence-electron chi connectivity index (χ3n) is 3.95. The minimum absolute atomic E-state index is 0.160. The number of benzene rings is 2. The summed E-state index contributed by atoms with van der Waals surface area (Å²) in [7, 11) is 3.23. The Labute approximate surface area is 178 Å². The molecule has 0 saturated heterocycles. The van der Waals surface area contributed by atoms with Gasteiger partial charge in [-0.05, 0) is 64.8 Å². The van der Waals surface area contributed by atoms with Gasteiger partial charge in [0.1, 0.15) is 12.4 Å². The summed E-state index contributed by atoms with van der Waals surface area (Å²) in [5.74, 6) is 0.220. The van der Waals surface area contributed by atoms with E-state index in [0.717, 1.165) is 6.42 Å². The second-order valence-corrected chi connectivity index (χ2v) is 6.97. The third kappa shape index (κ3) is 7.49. The Balaban J connectivity index is 1.91. The van der Waals surface area contributed by atoms with Gasteiger partial charge in [0.25, 0.3) is 11.8 Å². The molecule has 2 N–H and O–H groups in total. The fourth-order valence-corrected chi connectivity index (χ4v) is 2.92. The van der Waals surface area contributed by atoms with E-state index in [1.54, 1.807) is 56.7 Å². The van der Waals surface area contributed by atoms with Crippen LogP contribution in [0.5, 0.6) is 5.75 Å². The molecule has 0 fully saturated rings. The first-order valence-corrected chi connectivity index (χ1v) is 9.94. The van der Waals surface area contributed by atoms with Crippen LogP contribution in [0.15, 0.2) is 46.9 Å². The van der Waals surface area contributed by atoms with Gasteiger partial charge in [-0.1, -0.05) is 0 Å². The van der Waals surface area contributed by atoms with Crippen molar-refractivity contribution < 1.29 is 23.8 Å². The number of carbonyl (C=O) groups is 2. The van der Waals surface area contributed by atoms with Crippen molar-refractivity contribution in [1.29, 1.82) is 0 Å². The van der Waals surface area contributed by atoms with Crippen molar-refractivity contribution in [2.45, 2.75) is 6.42 Å². The lowest BCUT2D eigenvalue weighted by Crippen LogP contribution is -2.25. The van der Waals surface area contributed by atoms with Gasteiger partial charge in [0.2, 0.25) is 0 Å². The molecule has 0 spiro atoms. The number of nitrogens with one attached hydrogen (secondary N) is 2. The van der Waals surface area contributed by atoms with E-state index in [1.165, 1.54) is 0 Å². The number of methoxy groups -OCH3 is 2. The first kappa shape index (κ1) is 22.9. The average molecular weight is 465 g/mol. The van der Waals surface area contributed by atoms with Gasteiger partial charge < -0.3 is 24.8 Å². The number of carbonyl (C=O) groups excluding carboxylic acids is 2. The number of amides is 2. The summed E-state index contributed by atoms with van der Waals surface area (Å²) in [6, 6.07) is 11.8. The molecule has 0 aromatic heterocycles. The number of hydrogen-bond donors (Lipinski definition) is 2. The minimum Gasteiger partial charge on any atom is -0.490 e. The molecule has 2 rings (SSSR count). The van der Waals surface area contributed by atoms with Crippen LogP contribution in [0.3, 0.4) is 0 Å². The van der Waals surface area contributed by atoms with Crippen LogP contribution < -0.4 is 15.4 Å². The van der Waals surface area contributed by atoms with E-state index in [-0.39, 0.29) is 11.8 Å². The molecule has 8 heteroatoms. The molecular formula is C21H25BrN2O5. The molecule has 156 valence electrons. The molecule has 7 nitrogen and oxygen atoms in total. The zero-order chi connectivity index (χ0) is 21.1. The number of anilines is 1. The van der Waals surface area contributed by atoms with Crippen molar-refractivity contribution in [3.05, 3.63) is 58.1 Å². The van der Waals surface area contributed by atoms with Gasteiger partial charge in [0, 0.05) is 44.2 Å². The van der Waals surface area contributed by atoms with Crippen molar-refractivity contribution in [3.63, 3.8) is 0 Å². The normalized spacial score (nSPS) is 10.4. The topological polar surface area (TPSA) is 85.9 Å². The van der Waals surface area contributed by atoms with E-state index in [1.807, 2.05) is 0 Å². The van der Waals surface area contributed by atoms with Gasteiger partial charge in [-0.3, -0.25) is 9.59 Å². The third-order valence-corrected chi connectivity index (χ3v) is 4.57. The van der Waals surface area contributed by atoms with Gasteiger partial charge in [0.15, 0.2) is 0 Å². The molecule has 0 bridgehead atoms. The van der Waals surface area contributed by atoms with Crippen molar-refractivity contribution in [2.24, 2.45) is 0 Å². The van der Waals surface area contributed by atoms with Crippen molar-refractivity contribution in [2.75, 3.05) is 45.9 Å². The van der Waals surface area contributed by atoms with E-state index in [0.29, 0.717) is 53.4 Å². The maximum absolute atomic E-state index is 12.5. The Hall–Kier alpha value is -2.42. The zero-order valence-corrected chi connectivity index (χ0v) is 18.1. The molecule has 0 radical (unpaired) electrons. The van der Waals surface area contributed by atoms with Crippen LogP contribution in [-0.2, 0) is 9.47 Å². The number of hydrogen-bond acceptors (Lipinski definition) is 5. The highest BCUT2D eigenvalue weighted by atomic mass is 79.9. The molecule has 2 aromatic carbocycles. The fourth-order valence-electron chi connectivity index (χ4n) is 2.42. The lowest BCUT2D eigenvalue weighted by Gasteiger charge is -2.10. The van der Waals surface area contributed by atoms with E-state index in [4.69, 9.17) is 14.2 Å². The minimum atomic E-state index is -0.258. The molecule has 0 aliphatic heterocycles. The molecule has 0 unspecified atom stereocenters. The standard InChI is InChI=1S/C21H25BrN2O5/c1-27-11-3-10-23-20(25)15-4-7-17(8-5-15)24-21(26)16-6-9-19(18(22)14-16)29-13-12-28-2/h4-9,14H,3,10-13H2,1-2H3,(H,23,25)(H,24,26). The summed E-state index contributed by atoms with van der Waals surface area (Å²) in [6.07, 6.45) is 0.752. The number of halogens is 1. The summed E-state index contributed by atoms with van der Waals surface area (Å²) >= 11 is 3.41. The van der Waals surface area contributed by atoms with E-state index < -0.39 is 0 Å². The largest absolute Gasteiger partial charge is 0.490 e. The molecule has 0 aliphatic carbocycles. The highest BCUT2D eigenvalue weighted by Crippen LogP contribution is 2.26. The quantitative estimate of drug-likeness (QED) is 0.497. The van der Waals surface area contributed by atoms with E-state index in [2.05, 4.69) is 26.6 Å². The molecule has 2 amide bonds. The zero-order valence-electron chi connectivity index (χ0n) is 16.5. The monoisotopic (exact) mass is 464 g/mol. The predicted molar refractivity (Wildman–Crippen MR) is 115 cm³/mol. The van der Waals surface area contributed by atoms with Crippen LogP contribution in [-0.4, -0.2) is 52.4 Å². The van der Waals surface area contributed by atoms with Gasteiger partial charge >= 0.3 is 0 Å². The molecule has 2 aromatic rings. The Morgan fingerprint density at radius 3 is 2.24 bits per heavy atom. The summed E-state index contributed by atoms with van der Waals surface area (Å²) in [4.78, 5) is 24.5. The second-order valence-electron chi connectivity index (χ2n) is 6.12. The number of ether oxygens (including phenoxy) is 3. The van der Waals surface area contributed by atoms with Gasteiger partial charge in [-0.25, -0.2) is 0 Å². The summed E-state index contributed by atoms with van der Waals surface area (Å²) < 4.78 is 16.1. The molecule has 0 aliphatic rings. The Morgan fingerprint density at radius 1 is 0.897 bits per heavy atom. The second kappa shape index (κ2) is 12.2. The van der Waals surface area contributed by atoms with Crippen LogP contribution in [0.4, 0.5) is 5.69 Å². The van der Waals surface area contributed by atoms with Crippen LogP contribution in [0.2, 0.25) is 0 Å². The molecule has 0 heterocycles. The maximum Gasteiger partial charge on any atom is 0.255 e. The van der Waals surface area contributed by atoms with Crippen LogP contribution in [0, 0.1) is 0 Å². The first-order valence-electron chi connectivity index (χ1n) is 9.15. The Bertz CT molecular complexity index is 811. The fraction of sp³-hybridized carbons (Fsp3) is 0.333. The van der Waals surface area contributed by atoms with E-state index in [9.17, 15) is 9.59 Å². The SMILES string of the molecule is COCCCNC(=O)c1ccc(NC(=O)c2ccc(OCCOC)c(Br)c2)cc1. The predicted octanol–water partition coefficient (Wildman–Crippen LogP) is 3.49. The average Bonchev–Trinajstić information content (AvgIpc) is 2.73. The van der Waals surface area contributed by atoms with E-state index >= 15 is 0 Å². The van der Waals surface area contributed by atoms with Crippen LogP contribution >= 0.6 is 15.9 Å². The Kier molecular flexibility index (Phi) is 9.63. The lowest BCUT2D eigenvalue weighted by atomic mass is 10.1. The van der Waals surface area contributed by atoms with Gasteiger partial charge in [-0.2, -0.15) is 0 Å². The van der Waals surface area contributed by atoms with Crippen molar-refractivity contribution in [1.82, 2.24) is 5.32 Å². The van der Waals surface area contributed by atoms with Crippen molar-refractivity contribution >= 4 is 33.4 Å². The molecular weight excluding hydrogens is 440 g/mol.